The van der Waals surface area contributed by atoms with Crippen LogP contribution in [0.5, 0.6) is 0 Å². The fraction of sp³-hybridized carbons (Fsp3) is 0.222. The van der Waals surface area contributed by atoms with Gasteiger partial charge >= 0.3 is 12.1 Å². The van der Waals surface area contributed by atoms with Crippen LogP contribution >= 0.6 is 24.2 Å². The van der Waals surface area contributed by atoms with Gasteiger partial charge in [0.25, 0.3) is 0 Å². The molecule has 0 saturated carbocycles. The standard InChI is InChI=1S/C27H24F3N3O3S.ClH/c1-26(2,25(34)35)37-22-10-8-18(9-11-22)15-33(16-21-7-4-12-36-21)24-14-23(31-17-32-24)19-5-3-6-20(13-19)27(28,29)30;/h3-14,17H,15-16H2,1-2H3,(H,34,35);1H. The molecule has 0 amide bonds. The van der Waals surface area contributed by atoms with E-state index in [1.165, 1.54) is 24.2 Å². The summed E-state index contributed by atoms with van der Waals surface area (Å²) in [6, 6.07) is 17.8. The Kier molecular flexibility index (Phi) is 9.11. The Morgan fingerprint density at radius 1 is 1.00 bits per heavy atom. The molecule has 0 radical (unpaired) electrons. The van der Waals surface area contributed by atoms with Crippen LogP contribution in [0.15, 0.2) is 88.6 Å². The number of nitrogens with zero attached hydrogens (tertiary/aromatic N) is 3. The van der Waals surface area contributed by atoms with Crippen LogP contribution in [-0.2, 0) is 24.1 Å². The minimum Gasteiger partial charge on any atom is -0.480 e. The molecule has 0 fully saturated rings. The molecule has 2 aromatic carbocycles. The number of hydrogen-bond donors (Lipinski definition) is 1. The van der Waals surface area contributed by atoms with Crippen molar-refractivity contribution in [2.24, 2.45) is 0 Å². The van der Waals surface area contributed by atoms with Gasteiger partial charge in [-0.25, -0.2) is 9.97 Å². The number of thioether (sulfide) groups is 1. The van der Waals surface area contributed by atoms with Crippen LogP contribution in [0.3, 0.4) is 0 Å². The Bertz CT molecular complexity index is 1360. The van der Waals surface area contributed by atoms with E-state index in [0.29, 0.717) is 35.9 Å². The first-order valence-corrected chi connectivity index (χ1v) is 12.1. The van der Waals surface area contributed by atoms with Crippen LogP contribution in [0.25, 0.3) is 11.3 Å². The Labute approximate surface area is 228 Å². The van der Waals surface area contributed by atoms with E-state index in [1.807, 2.05) is 35.2 Å². The van der Waals surface area contributed by atoms with E-state index >= 15 is 0 Å². The van der Waals surface area contributed by atoms with Gasteiger partial charge in [0.2, 0.25) is 0 Å². The van der Waals surface area contributed by atoms with E-state index in [4.69, 9.17) is 4.42 Å². The molecule has 2 heterocycles. The van der Waals surface area contributed by atoms with Crippen LogP contribution in [0.4, 0.5) is 19.0 Å². The van der Waals surface area contributed by atoms with Crippen molar-refractivity contribution in [2.75, 3.05) is 4.90 Å². The number of furan rings is 1. The fourth-order valence-corrected chi connectivity index (χ4v) is 4.51. The van der Waals surface area contributed by atoms with Crippen molar-refractivity contribution < 1.29 is 27.5 Å². The van der Waals surface area contributed by atoms with Crippen LogP contribution in [0.1, 0.15) is 30.7 Å². The van der Waals surface area contributed by atoms with Crippen molar-refractivity contribution in [2.45, 2.75) is 42.8 Å². The Morgan fingerprint density at radius 3 is 2.37 bits per heavy atom. The third-order valence-electron chi connectivity index (χ3n) is 5.57. The van der Waals surface area contributed by atoms with Crippen molar-refractivity contribution in [3.63, 3.8) is 0 Å². The lowest BCUT2D eigenvalue weighted by molar-refractivity contribution is -0.139. The highest BCUT2D eigenvalue weighted by Crippen LogP contribution is 2.34. The summed E-state index contributed by atoms with van der Waals surface area (Å²) in [5.41, 5.74) is 0.881. The molecule has 0 aliphatic heterocycles. The van der Waals surface area contributed by atoms with Gasteiger partial charge in [-0.1, -0.05) is 24.3 Å². The fourth-order valence-electron chi connectivity index (χ4n) is 3.56. The smallest absolute Gasteiger partial charge is 0.416 e. The maximum Gasteiger partial charge on any atom is 0.416 e. The Morgan fingerprint density at radius 2 is 1.74 bits per heavy atom. The third-order valence-corrected chi connectivity index (χ3v) is 6.77. The number of aliphatic carboxylic acids is 1. The normalized spacial score (nSPS) is 11.6. The number of alkyl halides is 3. The van der Waals surface area contributed by atoms with E-state index in [2.05, 4.69) is 9.97 Å². The van der Waals surface area contributed by atoms with Gasteiger partial charge in [0, 0.05) is 23.1 Å². The molecule has 11 heteroatoms. The number of carboxylic acid groups (broad SMARTS) is 1. The molecule has 0 saturated heterocycles. The molecule has 0 aliphatic carbocycles. The third kappa shape index (κ3) is 7.29. The molecule has 4 rings (SSSR count). The van der Waals surface area contributed by atoms with E-state index in [-0.39, 0.29) is 12.4 Å². The van der Waals surface area contributed by atoms with Crippen LogP contribution in [-0.4, -0.2) is 25.8 Å². The van der Waals surface area contributed by atoms with Gasteiger partial charge in [-0.15, -0.1) is 24.2 Å². The number of benzene rings is 2. The van der Waals surface area contributed by atoms with Gasteiger partial charge < -0.3 is 14.4 Å². The summed E-state index contributed by atoms with van der Waals surface area (Å²) >= 11 is 1.26. The predicted octanol–water partition coefficient (Wildman–Crippen LogP) is 7.34. The lowest BCUT2D eigenvalue weighted by Crippen LogP contribution is -2.26. The summed E-state index contributed by atoms with van der Waals surface area (Å²) in [6.45, 7) is 4.09. The SMILES string of the molecule is CC(C)(Sc1ccc(CN(Cc2ccco2)c2cc(-c3cccc(C(F)(F)F)c3)ncn2)cc1)C(=O)O.Cl. The van der Waals surface area contributed by atoms with E-state index in [1.54, 1.807) is 38.3 Å². The molecule has 0 aliphatic rings. The van der Waals surface area contributed by atoms with Gasteiger partial charge in [0.15, 0.2) is 0 Å². The zero-order chi connectivity index (χ0) is 26.6. The topological polar surface area (TPSA) is 79.5 Å². The quantitative estimate of drug-likeness (QED) is 0.213. The number of halogens is 4. The average molecular weight is 564 g/mol. The number of carboxylic acids is 1. The summed E-state index contributed by atoms with van der Waals surface area (Å²) in [7, 11) is 0. The molecule has 4 aromatic rings. The summed E-state index contributed by atoms with van der Waals surface area (Å²) in [4.78, 5) is 22.8. The molecule has 0 bridgehead atoms. The molecular formula is C27H25ClF3N3O3S. The number of rotatable bonds is 9. The Balaban J connectivity index is 0.00000400. The van der Waals surface area contributed by atoms with E-state index in [0.717, 1.165) is 22.6 Å². The molecule has 6 nitrogen and oxygen atoms in total. The first-order valence-electron chi connectivity index (χ1n) is 11.3. The van der Waals surface area contributed by atoms with Gasteiger partial charge in [-0.2, -0.15) is 13.2 Å². The first-order chi connectivity index (χ1) is 17.5. The van der Waals surface area contributed by atoms with E-state index in [9.17, 15) is 23.1 Å². The lowest BCUT2D eigenvalue weighted by Gasteiger charge is -2.24. The average Bonchev–Trinajstić information content (AvgIpc) is 3.37. The number of anilines is 1. The van der Waals surface area contributed by atoms with Gasteiger partial charge in [0.1, 0.15) is 22.7 Å². The molecule has 200 valence electrons. The molecule has 1 N–H and O–H groups in total. The summed E-state index contributed by atoms with van der Waals surface area (Å²) in [5, 5.41) is 9.38. The maximum atomic E-state index is 13.2. The van der Waals surface area contributed by atoms with Crippen molar-refractivity contribution in [1.29, 1.82) is 0 Å². The molecule has 0 atom stereocenters. The van der Waals surface area contributed by atoms with E-state index < -0.39 is 22.5 Å². The second-order valence-corrected chi connectivity index (χ2v) is 10.5. The minimum atomic E-state index is -4.46. The number of carbonyl (C=O) groups is 1. The van der Waals surface area contributed by atoms with Gasteiger partial charge in [-0.05, 0) is 55.8 Å². The molecule has 38 heavy (non-hydrogen) atoms. The van der Waals surface area contributed by atoms with Gasteiger partial charge in [-0.3, -0.25) is 4.79 Å². The second kappa shape index (κ2) is 11.9. The molecule has 0 spiro atoms. The summed E-state index contributed by atoms with van der Waals surface area (Å²) < 4.78 is 44.2. The van der Waals surface area contributed by atoms with Crippen LogP contribution < -0.4 is 4.90 Å². The highest BCUT2D eigenvalue weighted by atomic mass is 35.5. The zero-order valence-electron chi connectivity index (χ0n) is 20.5. The monoisotopic (exact) mass is 563 g/mol. The maximum absolute atomic E-state index is 13.2. The number of hydrogen-bond acceptors (Lipinski definition) is 6. The highest BCUT2D eigenvalue weighted by molar-refractivity contribution is 8.01. The molecule has 2 aromatic heterocycles. The van der Waals surface area contributed by atoms with Crippen LogP contribution in [0.2, 0.25) is 0 Å². The van der Waals surface area contributed by atoms with Crippen molar-refractivity contribution in [1.82, 2.24) is 9.97 Å². The minimum absolute atomic E-state index is 0. The van der Waals surface area contributed by atoms with Crippen molar-refractivity contribution in [3.05, 3.63) is 96.2 Å². The second-order valence-electron chi connectivity index (χ2n) is 8.84. The van der Waals surface area contributed by atoms with Crippen molar-refractivity contribution in [3.8, 4) is 11.3 Å². The first kappa shape index (κ1) is 29.1. The zero-order valence-corrected chi connectivity index (χ0v) is 22.1. The van der Waals surface area contributed by atoms with Crippen LogP contribution in [0, 0.1) is 0 Å². The molecule has 0 unspecified atom stereocenters. The molecular weight excluding hydrogens is 539 g/mol. The summed E-state index contributed by atoms with van der Waals surface area (Å²) in [6.07, 6.45) is -1.56. The largest absolute Gasteiger partial charge is 0.480 e. The number of aromatic nitrogens is 2. The lowest BCUT2D eigenvalue weighted by atomic mass is 10.1. The van der Waals surface area contributed by atoms with Gasteiger partial charge in [0.05, 0.1) is 24.1 Å². The Hall–Kier alpha value is -3.50. The highest BCUT2D eigenvalue weighted by Gasteiger charge is 2.31. The van der Waals surface area contributed by atoms with Crippen molar-refractivity contribution >= 4 is 36.0 Å². The predicted molar refractivity (Wildman–Crippen MR) is 142 cm³/mol. The summed E-state index contributed by atoms with van der Waals surface area (Å²) in [5.74, 6) is 0.311.